The van der Waals surface area contributed by atoms with Crippen LogP contribution >= 0.6 is 0 Å². The number of carbonyl (C=O) groups is 3. The summed E-state index contributed by atoms with van der Waals surface area (Å²) in [6.07, 6.45) is 37.4. The number of carbonyl (C=O) groups excluding carboxylic acids is 3. The van der Waals surface area contributed by atoms with Crippen LogP contribution in [0.1, 0.15) is 233 Å². The molecule has 0 aromatic carbocycles. The Hall–Kier alpha value is -1.63. The first-order chi connectivity index (χ1) is 26.1. The molecule has 0 fully saturated rings. The van der Waals surface area contributed by atoms with Crippen LogP contribution in [-0.4, -0.2) is 80.7 Å². The van der Waals surface area contributed by atoms with Gasteiger partial charge in [0, 0.05) is 25.9 Å². The SMILES string of the molecule is CCCCCCCCCCCOC(=O)CCCCCN(CCCCCCCC(=O)OC(CCCCCCCC)CCCCCCCC)C(=O)C[N+](C)(C)C. The molecule has 1 amide bonds. The fourth-order valence-electron chi connectivity index (χ4n) is 7.20. The van der Waals surface area contributed by atoms with Crippen LogP contribution < -0.4 is 0 Å². The van der Waals surface area contributed by atoms with Crippen LogP contribution in [0.15, 0.2) is 0 Å². The average molecular weight is 766 g/mol. The zero-order valence-corrected chi connectivity index (χ0v) is 37.2. The summed E-state index contributed by atoms with van der Waals surface area (Å²) in [5.41, 5.74) is 0. The van der Waals surface area contributed by atoms with E-state index in [0.717, 1.165) is 90.1 Å². The monoisotopic (exact) mass is 766 g/mol. The number of hydrogen-bond acceptors (Lipinski definition) is 5. The van der Waals surface area contributed by atoms with Crippen molar-refractivity contribution in [3.63, 3.8) is 0 Å². The van der Waals surface area contributed by atoms with Gasteiger partial charge in [-0.2, -0.15) is 0 Å². The van der Waals surface area contributed by atoms with E-state index in [1.165, 1.54) is 122 Å². The van der Waals surface area contributed by atoms with Crippen LogP contribution in [0, 0.1) is 0 Å². The van der Waals surface area contributed by atoms with Gasteiger partial charge in [-0.3, -0.25) is 14.4 Å². The Labute approximate surface area is 336 Å². The predicted molar refractivity (Wildman–Crippen MR) is 230 cm³/mol. The number of ether oxygens (including phenoxy) is 2. The molecule has 0 heterocycles. The Kier molecular flexibility index (Phi) is 37.1. The Bertz CT molecular complexity index is 842. The lowest BCUT2D eigenvalue weighted by atomic mass is 10.0. The topological polar surface area (TPSA) is 72.9 Å². The lowest BCUT2D eigenvalue weighted by Gasteiger charge is -2.28. The molecule has 320 valence electrons. The molecule has 0 rings (SSSR count). The quantitative estimate of drug-likeness (QED) is 0.0352. The molecular weight excluding hydrogens is 673 g/mol. The number of hydrogen-bond donors (Lipinski definition) is 0. The predicted octanol–water partition coefficient (Wildman–Crippen LogP) is 12.9. The van der Waals surface area contributed by atoms with Crippen molar-refractivity contribution in [2.45, 2.75) is 239 Å². The van der Waals surface area contributed by atoms with Crippen molar-refractivity contribution in [2.75, 3.05) is 47.4 Å². The summed E-state index contributed by atoms with van der Waals surface area (Å²) in [7, 11) is 6.19. The number of rotatable bonds is 41. The third kappa shape index (κ3) is 37.3. The third-order valence-electron chi connectivity index (χ3n) is 10.6. The second kappa shape index (κ2) is 38.3. The van der Waals surface area contributed by atoms with Gasteiger partial charge in [-0.25, -0.2) is 0 Å². The highest BCUT2D eigenvalue weighted by molar-refractivity contribution is 5.77. The smallest absolute Gasteiger partial charge is 0.306 e. The largest absolute Gasteiger partial charge is 0.466 e. The minimum absolute atomic E-state index is 0.0129. The highest BCUT2D eigenvalue weighted by atomic mass is 16.5. The number of nitrogens with zero attached hydrogens (tertiary/aromatic N) is 2. The van der Waals surface area contributed by atoms with Crippen LogP contribution in [0.2, 0.25) is 0 Å². The van der Waals surface area contributed by atoms with Gasteiger partial charge in [-0.05, 0) is 57.8 Å². The molecule has 0 unspecified atom stereocenters. The van der Waals surface area contributed by atoms with Crippen molar-refractivity contribution in [1.29, 1.82) is 0 Å². The van der Waals surface area contributed by atoms with E-state index in [2.05, 4.69) is 41.9 Å². The molecule has 0 bridgehead atoms. The molecule has 0 aliphatic carbocycles. The maximum atomic E-state index is 13.2. The van der Waals surface area contributed by atoms with Crippen LogP contribution in [0.3, 0.4) is 0 Å². The second-order valence-electron chi connectivity index (χ2n) is 17.4. The summed E-state index contributed by atoms with van der Waals surface area (Å²) in [5.74, 6) is 0.116. The van der Waals surface area contributed by atoms with Crippen molar-refractivity contribution >= 4 is 17.8 Å². The molecule has 0 radical (unpaired) electrons. The Morgan fingerprint density at radius 3 is 1.30 bits per heavy atom. The number of amides is 1. The van der Waals surface area contributed by atoms with E-state index in [-0.39, 0.29) is 23.9 Å². The molecule has 54 heavy (non-hydrogen) atoms. The molecule has 7 heteroatoms. The zero-order chi connectivity index (χ0) is 40.0. The first kappa shape index (κ1) is 52.4. The molecule has 0 saturated heterocycles. The highest BCUT2D eigenvalue weighted by Gasteiger charge is 2.20. The molecule has 0 aliphatic heterocycles. The Morgan fingerprint density at radius 1 is 0.463 bits per heavy atom. The first-order valence-electron chi connectivity index (χ1n) is 23.6. The Balaban J connectivity index is 4.33. The van der Waals surface area contributed by atoms with Gasteiger partial charge < -0.3 is 18.9 Å². The van der Waals surface area contributed by atoms with Crippen molar-refractivity contribution in [1.82, 2.24) is 4.90 Å². The van der Waals surface area contributed by atoms with Gasteiger partial charge >= 0.3 is 11.9 Å². The van der Waals surface area contributed by atoms with Gasteiger partial charge in [0.1, 0.15) is 6.10 Å². The summed E-state index contributed by atoms with van der Waals surface area (Å²) in [4.78, 5) is 40.2. The molecule has 0 saturated carbocycles. The van der Waals surface area contributed by atoms with Gasteiger partial charge in [0.2, 0.25) is 0 Å². The standard InChI is InChI=1S/C47H93N2O5/c1-7-10-13-16-19-20-21-27-35-42-53-46(51)38-32-28-34-41-48(45(50)43-49(4,5)6)40-33-26-22-25-31-39-47(52)54-44(36-29-23-17-14-11-8-2)37-30-24-18-15-12-9-3/h44H,7-43H2,1-6H3/q+1. The van der Waals surface area contributed by atoms with E-state index in [0.29, 0.717) is 30.5 Å². The maximum Gasteiger partial charge on any atom is 0.306 e. The number of quaternary nitrogens is 1. The van der Waals surface area contributed by atoms with E-state index >= 15 is 0 Å². The average Bonchev–Trinajstić information content (AvgIpc) is 3.12. The lowest BCUT2D eigenvalue weighted by molar-refractivity contribution is -0.862. The number of likely N-dealkylation sites (N-methyl/N-ethyl adjacent to an activating group) is 1. The summed E-state index contributed by atoms with van der Waals surface area (Å²) in [5, 5.41) is 0. The Morgan fingerprint density at radius 2 is 0.833 bits per heavy atom. The third-order valence-corrected chi connectivity index (χ3v) is 10.6. The van der Waals surface area contributed by atoms with Crippen molar-refractivity contribution < 1.29 is 28.3 Å². The molecule has 7 nitrogen and oxygen atoms in total. The minimum atomic E-state index is -0.0815. The fourth-order valence-corrected chi connectivity index (χ4v) is 7.20. The molecule has 0 N–H and O–H groups in total. The molecule has 0 atom stereocenters. The summed E-state index contributed by atoms with van der Waals surface area (Å²) < 4.78 is 12.1. The first-order valence-corrected chi connectivity index (χ1v) is 23.6. The van der Waals surface area contributed by atoms with Crippen LogP contribution in [0.4, 0.5) is 0 Å². The molecule has 0 aromatic heterocycles. The van der Waals surface area contributed by atoms with E-state index < -0.39 is 0 Å². The van der Waals surface area contributed by atoms with E-state index in [9.17, 15) is 14.4 Å². The van der Waals surface area contributed by atoms with E-state index in [1.54, 1.807) is 0 Å². The van der Waals surface area contributed by atoms with Gasteiger partial charge in [-0.15, -0.1) is 0 Å². The molecule has 0 spiro atoms. The lowest BCUT2D eigenvalue weighted by Crippen LogP contribution is -2.46. The molecular formula is C47H93N2O5+. The van der Waals surface area contributed by atoms with Crippen LogP contribution in [-0.2, 0) is 23.9 Å². The zero-order valence-electron chi connectivity index (χ0n) is 37.2. The summed E-state index contributed by atoms with van der Waals surface area (Å²) in [6, 6.07) is 0. The number of esters is 2. The van der Waals surface area contributed by atoms with Gasteiger partial charge in [-0.1, -0.05) is 162 Å². The van der Waals surface area contributed by atoms with Crippen molar-refractivity contribution in [3.8, 4) is 0 Å². The second-order valence-corrected chi connectivity index (χ2v) is 17.4. The van der Waals surface area contributed by atoms with E-state index in [4.69, 9.17) is 9.47 Å². The summed E-state index contributed by atoms with van der Waals surface area (Å²) >= 11 is 0. The molecule has 0 aliphatic rings. The van der Waals surface area contributed by atoms with Crippen LogP contribution in [0.5, 0.6) is 0 Å². The number of unbranched alkanes of at least 4 members (excludes halogenated alkanes) is 24. The highest BCUT2D eigenvalue weighted by Crippen LogP contribution is 2.19. The van der Waals surface area contributed by atoms with Crippen molar-refractivity contribution in [2.24, 2.45) is 0 Å². The van der Waals surface area contributed by atoms with E-state index in [1.807, 2.05) is 4.90 Å². The van der Waals surface area contributed by atoms with Crippen molar-refractivity contribution in [3.05, 3.63) is 0 Å². The summed E-state index contributed by atoms with van der Waals surface area (Å²) in [6.45, 7) is 9.33. The maximum absolute atomic E-state index is 13.2. The van der Waals surface area contributed by atoms with Gasteiger partial charge in [0.05, 0.1) is 27.7 Å². The normalized spacial score (nSPS) is 11.7. The molecule has 0 aromatic rings. The van der Waals surface area contributed by atoms with Crippen LogP contribution in [0.25, 0.3) is 0 Å². The fraction of sp³-hybridized carbons (Fsp3) is 0.936. The van der Waals surface area contributed by atoms with Gasteiger partial charge in [0.15, 0.2) is 6.54 Å². The minimum Gasteiger partial charge on any atom is -0.466 e. The van der Waals surface area contributed by atoms with Gasteiger partial charge in [0.25, 0.3) is 5.91 Å².